The summed E-state index contributed by atoms with van der Waals surface area (Å²) < 4.78 is 0. The molecule has 0 amide bonds. The van der Waals surface area contributed by atoms with Crippen molar-refractivity contribution in [2.24, 2.45) is 5.41 Å². The Hall–Kier alpha value is -0.450. The maximum atomic E-state index is 4.68. The lowest BCUT2D eigenvalue weighted by Gasteiger charge is -2.43. The fourth-order valence-electron chi connectivity index (χ4n) is 2.57. The molecule has 0 saturated carbocycles. The van der Waals surface area contributed by atoms with Gasteiger partial charge in [0, 0.05) is 30.6 Å². The van der Waals surface area contributed by atoms with Crippen LogP contribution in [0.1, 0.15) is 36.3 Å². The van der Waals surface area contributed by atoms with Crippen LogP contribution in [-0.2, 0) is 6.54 Å². The Morgan fingerprint density at radius 3 is 2.67 bits per heavy atom. The lowest BCUT2D eigenvalue weighted by Crippen LogP contribution is -2.56. The molecule has 1 atom stereocenters. The zero-order chi connectivity index (χ0) is 13.3. The molecule has 2 rings (SSSR count). The van der Waals surface area contributed by atoms with E-state index in [0.29, 0.717) is 11.5 Å². The number of rotatable bonds is 2. The molecule has 18 heavy (non-hydrogen) atoms. The average Bonchev–Trinajstić information content (AvgIpc) is 2.57. The minimum atomic E-state index is 0.314. The Balaban J connectivity index is 2.10. The molecular weight excluding hydrogens is 242 g/mol. The van der Waals surface area contributed by atoms with Crippen molar-refractivity contribution in [3.63, 3.8) is 0 Å². The van der Waals surface area contributed by atoms with E-state index < -0.39 is 0 Å². The van der Waals surface area contributed by atoms with Crippen LogP contribution in [0.3, 0.4) is 0 Å². The minimum absolute atomic E-state index is 0.314. The molecule has 1 aliphatic rings. The van der Waals surface area contributed by atoms with E-state index >= 15 is 0 Å². The first-order valence-electron chi connectivity index (χ1n) is 6.75. The molecule has 1 aromatic rings. The zero-order valence-electron chi connectivity index (χ0n) is 12.2. The van der Waals surface area contributed by atoms with Gasteiger partial charge in [0.15, 0.2) is 0 Å². The standard InChI is InChI=1S/C14H25N3S/c1-10-11(2)18-13(16-10)9-17-7-6-15-8-12(17)14(3,4)5/h12,15H,6-9H2,1-5H3. The van der Waals surface area contributed by atoms with Gasteiger partial charge >= 0.3 is 0 Å². The van der Waals surface area contributed by atoms with E-state index in [1.54, 1.807) is 0 Å². The number of hydrogen-bond acceptors (Lipinski definition) is 4. The topological polar surface area (TPSA) is 28.2 Å². The largest absolute Gasteiger partial charge is 0.314 e. The van der Waals surface area contributed by atoms with E-state index in [4.69, 9.17) is 0 Å². The van der Waals surface area contributed by atoms with Gasteiger partial charge in [-0.25, -0.2) is 4.98 Å². The fourth-order valence-corrected chi connectivity index (χ4v) is 3.53. The van der Waals surface area contributed by atoms with Gasteiger partial charge in [0.1, 0.15) is 5.01 Å². The molecule has 0 aromatic carbocycles. The van der Waals surface area contributed by atoms with Crippen LogP contribution in [0.15, 0.2) is 0 Å². The summed E-state index contributed by atoms with van der Waals surface area (Å²) in [6.45, 7) is 15.6. The van der Waals surface area contributed by atoms with Gasteiger partial charge in [0.05, 0.1) is 12.2 Å². The summed E-state index contributed by atoms with van der Waals surface area (Å²) >= 11 is 1.85. The monoisotopic (exact) mass is 267 g/mol. The highest BCUT2D eigenvalue weighted by Crippen LogP contribution is 2.28. The quantitative estimate of drug-likeness (QED) is 0.892. The summed E-state index contributed by atoms with van der Waals surface area (Å²) in [5.74, 6) is 0. The van der Waals surface area contributed by atoms with E-state index in [9.17, 15) is 0 Å². The molecule has 1 saturated heterocycles. The van der Waals surface area contributed by atoms with Crippen molar-refractivity contribution in [2.45, 2.75) is 47.2 Å². The maximum Gasteiger partial charge on any atom is 0.107 e. The third kappa shape index (κ3) is 3.11. The molecule has 1 fully saturated rings. The normalized spacial score (nSPS) is 22.4. The van der Waals surface area contributed by atoms with Gasteiger partial charge < -0.3 is 5.32 Å². The lowest BCUT2D eigenvalue weighted by molar-refractivity contribution is 0.0688. The Morgan fingerprint density at radius 1 is 1.39 bits per heavy atom. The second-order valence-corrected chi connectivity index (χ2v) is 7.59. The van der Waals surface area contributed by atoms with Gasteiger partial charge in [-0.1, -0.05) is 20.8 Å². The molecular formula is C14H25N3S. The Morgan fingerprint density at radius 2 is 2.11 bits per heavy atom. The number of thiazole rings is 1. The van der Waals surface area contributed by atoms with Crippen molar-refractivity contribution in [3.8, 4) is 0 Å². The smallest absolute Gasteiger partial charge is 0.107 e. The summed E-state index contributed by atoms with van der Waals surface area (Å²) in [5.41, 5.74) is 1.51. The van der Waals surface area contributed by atoms with E-state index in [1.807, 2.05) is 11.3 Å². The Bertz CT molecular complexity index is 386. The number of nitrogens with zero attached hydrogens (tertiary/aromatic N) is 2. The van der Waals surface area contributed by atoms with Crippen molar-refractivity contribution in [1.82, 2.24) is 15.2 Å². The first-order chi connectivity index (χ1) is 8.38. The van der Waals surface area contributed by atoms with Crippen molar-refractivity contribution in [1.29, 1.82) is 0 Å². The minimum Gasteiger partial charge on any atom is -0.314 e. The number of piperazine rings is 1. The molecule has 102 valence electrons. The molecule has 1 aromatic heterocycles. The van der Waals surface area contributed by atoms with Crippen molar-refractivity contribution in [3.05, 3.63) is 15.6 Å². The van der Waals surface area contributed by atoms with E-state index in [-0.39, 0.29) is 0 Å². The highest BCUT2D eigenvalue weighted by Gasteiger charge is 2.32. The van der Waals surface area contributed by atoms with E-state index in [2.05, 4.69) is 49.8 Å². The van der Waals surface area contributed by atoms with Crippen LogP contribution in [0, 0.1) is 19.3 Å². The average molecular weight is 267 g/mol. The highest BCUT2D eigenvalue weighted by molar-refractivity contribution is 7.11. The molecule has 0 radical (unpaired) electrons. The number of hydrogen-bond donors (Lipinski definition) is 1. The fraction of sp³-hybridized carbons (Fsp3) is 0.786. The van der Waals surface area contributed by atoms with Gasteiger partial charge in [-0.3, -0.25) is 4.90 Å². The van der Waals surface area contributed by atoms with Crippen LogP contribution in [0.5, 0.6) is 0 Å². The molecule has 4 heteroatoms. The van der Waals surface area contributed by atoms with Gasteiger partial charge in [-0.15, -0.1) is 11.3 Å². The zero-order valence-corrected chi connectivity index (χ0v) is 13.0. The molecule has 0 bridgehead atoms. The predicted molar refractivity (Wildman–Crippen MR) is 78.1 cm³/mol. The Labute approximate surface area is 115 Å². The highest BCUT2D eigenvalue weighted by atomic mass is 32.1. The third-order valence-corrected chi connectivity index (χ3v) is 4.82. The van der Waals surface area contributed by atoms with Gasteiger partial charge in [0.25, 0.3) is 0 Å². The van der Waals surface area contributed by atoms with Crippen LogP contribution in [-0.4, -0.2) is 35.6 Å². The number of aromatic nitrogens is 1. The second-order valence-electron chi connectivity index (χ2n) is 6.31. The summed E-state index contributed by atoms with van der Waals surface area (Å²) in [6, 6.07) is 0.593. The summed E-state index contributed by atoms with van der Waals surface area (Å²) in [7, 11) is 0. The molecule has 1 aliphatic heterocycles. The first-order valence-corrected chi connectivity index (χ1v) is 7.57. The van der Waals surface area contributed by atoms with Gasteiger partial charge in [-0.2, -0.15) is 0 Å². The van der Waals surface area contributed by atoms with Gasteiger partial charge in [0.2, 0.25) is 0 Å². The molecule has 0 aliphatic carbocycles. The third-order valence-electron chi connectivity index (χ3n) is 3.77. The maximum absolute atomic E-state index is 4.68. The SMILES string of the molecule is Cc1nc(CN2CCNCC2C(C)(C)C)sc1C. The van der Waals surface area contributed by atoms with E-state index in [1.165, 1.54) is 15.6 Å². The summed E-state index contributed by atoms with van der Waals surface area (Å²) in [5, 5.41) is 4.78. The van der Waals surface area contributed by atoms with E-state index in [0.717, 1.165) is 26.2 Å². The molecule has 1 unspecified atom stereocenters. The predicted octanol–water partition coefficient (Wildman–Crippen LogP) is 2.58. The van der Waals surface area contributed by atoms with Crippen LogP contribution < -0.4 is 5.32 Å². The number of aryl methyl sites for hydroxylation is 2. The summed E-state index contributed by atoms with van der Waals surface area (Å²) in [4.78, 5) is 8.62. The van der Waals surface area contributed by atoms with Crippen molar-refractivity contribution < 1.29 is 0 Å². The lowest BCUT2D eigenvalue weighted by atomic mass is 9.84. The Kier molecular flexibility index (Phi) is 4.09. The molecule has 0 spiro atoms. The van der Waals surface area contributed by atoms with Crippen LogP contribution in [0.2, 0.25) is 0 Å². The molecule has 2 heterocycles. The molecule has 1 N–H and O–H groups in total. The summed E-state index contributed by atoms with van der Waals surface area (Å²) in [6.07, 6.45) is 0. The van der Waals surface area contributed by atoms with Crippen LogP contribution >= 0.6 is 11.3 Å². The van der Waals surface area contributed by atoms with Gasteiger partial charge in [-0.05, 0) is 19.3 Å². The first kappa shape index (κ1) is 14.0. The molecule has 3 nitrogen and oxygen atoms in total. The second kappa shape index (κ2) is 5.27. The number of nitrogens with one attached hydrogen (secondary N) is 1. The van der Waals surface area contributed by atoms with Crippen molar-refractivity contribution in [2.75, 3.05) is 19.6 Å². The van der Waals surface area contributed by atoms with Crippen LogP contribution in [0.4, 0.5) is 0 Å². The van der Waals surface area contributed by atoms with Crippen LogP contribution in [0.25, 0.3) is 0 Å². The van der Waals surface area contributed by atoms with Crippen molar-refractivity contribution >= 4 is 11.3 Å².